The number of hydrogen-bond donors (Lipinski definition) is 0. The van der Waals surface area contributed by atoms with E-state index in [0.29, 0.717) is 12.2 Å². The van der Waals surface area contributed by atoms with Crippen LogP contribution >= 0.6 is 11.6 Å². The predicted octanol–water partition coefficient (Wildman–Crippen LogP) is 2.03. The summed E-state index contributed by atoms with van der Waals surface area (Å²) < 4.78 is 11.2. The summed E-state index contributed by atoms with van der Waals surface area (Å²) in [7, 11) is 0. The van der Waals surface area contributed by atoms with Crippen LogP contribution in [0.3, 0.4) is 0 Å². The number of esters is 1. The van der Waals surface area contributed by atoms with Crippen LogP contribution in [0.2, 0.25) is 5.15 Å². The van der Waals surface area contributed by atoms with E-state index < -0.39 is 24.6 Å². The Morgan fingerprint density at radius 1 is 1.31 bits per heavy atom. The number of aromatic nitrogens is 2. The van der Waals surface area contributed by atoms with E-state index in [1.165, 1.54) is 4.68 Å². The third-order valence-corrected chi connectivity index (χ3v) is 4.22. The Hall–Kier alpha value is -2.87. The smallest absolute Gasteiger partial charge is 0.416 e. The maximum absolute atomic E-state index is 12.3. The summed E-state index contributed by atoms with van der Waals surface area (Å²) >= 11 is 6.27. The normalized spacial score (nSPS) is 13.6. The van der Waals surface area contributed by atoms with Crippen molar-refractivity contribution in [2.75, 3.05) is 19.8 Å². The number of aryl methyl sites for hydroxylation is 1. The van der Waals surface area contributed by atoms with Crippen LogP contribution in [-0.4, -0.2) is 52.4 Å². The van der Waals surface area contributed by atoms with Crippen LogP contribution in [0.25, 0.3) is 0 Å². The van der Waals surface area contributed by atoms with Gasteiger partial charge in [0.25, 0.3) is 5.91 Å². The molecule has 26 heavy (non-hydrogen) atoms. The fourth-order valence-electron chi connectivity index (χ4n) is 2.54. The van der Waals surface area contributed by atoms with Crippen molar-refractivity contribution in [3.05, 3.63) is 52.3 Å². The topological polar surface area (TPSA) is 90.7 Å². The molecule has 0 unspecified atom stereocenters. The van der Waals surface area contributed by atoms with E-state index in [4.69, 9.17) is 16.3 Å². The van der Waals surface area contributed by atoms with Crippen molar-refractivity contribution >= 4 is 29.6 Å². The number of halogens is 1. The Morgan fingerprint density at radius 2 is 2.04 bits per heavy atom. The number of rotatable bonds is 5. The highest BCUT2D eigenvalue weighted by Crippen LogP contribution is 2.22. The van der Waals surface area contributed by atoms with Crippen LogP contribution < -0.4 is 0 Å². The summed E-state index contributed by atoms with van der Waals surface area (Å²) in [5, 5.41) is 4.39. The number of ether oxygens (including phenoxy) is 2. The Labute approximate surface area is 154 Å². The molecule has 1 aliphatic heterocycles. The lowest BCUT2D eigenvalue weighted by molar-refractivity contribution is -0.131. The summed E-state index contributed by atoms with van der Waals surface area (Å²) in [5.41, 5.74) is 1.46. The molecule has 1 fully saturated rings. The molecule has 2 amide bonds. The molecule has 0 N–H and O–H groups in total. The lowest BCUT2D eigenvalue weighted by Gasteiger charge is -2.10. The zero-order valence-electron chi connectivity index (χ0n) is 14.0. The molecule has 3 rings (SSSR count). The van der Waals surface area contributed by atoms with Crippen LogP contribution in [0.4, 0.5) is 4.79 Å². The van der Waals surface area contributed by atoms with Gasteiger partial charge in [-0.3, -0.25) is 4.79 Å². The van der Waals surface area contributed by atoms with Gasteiger partial charge in [0.15, 0.2) is 6.61 Å². The van der Waals surface area contributed by atoms with E-state index in [-0.39, 0.29) is 23.9 Å². The van der Waals surface area contributed by atoms with Gasteiger partial charge in [0, 0.05) is 0 Å². The first-order valence-electron chi connectivity index (χ1n) is 7.88. The molecule has 9 heteroatoms. The van der Waals surface area contributed by atoms with Gasteiger partial charge >= 0.3 is 12.1 Å². The standard InChI is InChI=1S/C17H16ClN3O5/c1-11-14(15(18)21(19-11)9-12-5-3-2-4-6-12)16(23)26-10-13(22)20-7-8-25-17(20)24/h2-6H,7-10H2,1H3. The van der Waals surface area contributed by atoms with Crippen LogP contribution in [0.5, 0.6) is 0 Å². The highest BCUT2D eigenvalue weighted by molar-refractivity contribution is 6.32. The second-order valence-electron chi connectivity index (χ2n) is 5.63. The average Bonchev–Trinajstić information content (AvgIpc) is 3.17. The van der Waals surface area contributed by atoms with Gasteiger partial charge in [-0.15, -0.1) is 0 Å². The van der Waals surface area contributed by atoms with Gasteiger partial charge in [0.05, 0.1) is 18.8 Å². The van der Waals surface area contributed by atoms with Crippen molar-refractivity contribution in [2.45, 2.75) is 13.5 Å². The minimum absolute atomic E-state index is 0.0967. The first-order valence-corrected chi connectivity index (χ1v) is 8.26. The molecule has 1 aliphatic rings. The highest BCUT2D eigenvalue weighted by atomic mass is 35.5. The first-order chi connectivity index (χ1) is 12.5. The monoisotopic (exact) mass is 377 g/mol. The third-order valence-electron chi connectivity index (χ3n) is 3.83. The number of carbonyl (C=O) groups is 3. The molecule has 0 bridgehead atoms. The van der Waals surface area contributed by atoms with E-state index in [0.717, 1.165) is 10.5 Å². The molecule has 8 nitrogen and oxygen atoms in total. The van der Waals surface area contributed by atoms with Gasteiger partial charge in [0.1, 0.15) is 17.3 Å². The molecule has 1 aromatic heterocycles. The highest BCUT2D eigenvalue weighted by Gasteiger charge is 2.30. The van der Waals surface area contributed by atoms with E-state index in [2.05, 4.69) is 9.84 Å². The molecule has 1 aromatic carbocycles. The molecule has 0 atom stereocenters. The first kappa shape index (κ1) is 17.9. The SMILES string of the molecule is Cc1nn(Cc2ccccc2)c(Cl)c1C(=O)OCC(=O)N1CCOC1=O. The largest absolute Gasteiger partial charge is 0.452 e. The van der Waals surface area contributed by atoms with Crippen LogP contribution in [0.1, 0.15) is 21.6 Å². The fraction of sp³-hybridized carbons (Fsp3) is 0.294. The quantitative estimate of drug-likeness (QED) is 0.740. The molecule has 0 aliphatic carbocycles. The van der Waals surface area contributed by atoms with Gasteiger partial charge < -0.3 is 9.47 Å². The van der Waals surface area contributed by atoms with Gasteiger partial charge in [-0.25, -0.2) is 19.2 Å². The second-order valence-corrected chi connectivity index (χ2v) is 5.99. The lowest BCUT2D eigenvalue weighted by atomic mass is 10.2. The van der Waals surface area contributed by atoms with Crippen molar-refractivity contribution in [3.8, 4) is 0 Å². The second kappa shape index (κ2) is 7.57. The van der Waals surface area contributed by atoms with Crippen molar-refractivity contribution in [1.29, 1.82) is 0 Å². The van der Waals surface area contributed by atoms with E-state index in [1.54, 1.807) is 6.92 Å². The molecule has 2 aromatic rings. The van der Waals surface area contributed by atoms with Gasteiger partial charge in [-0.05, 0) is 12.5 Å². The Bertz CT molecular complexity index is 850. The Kier molecular flexibility index (Phi) is 5.22. The number of carbonyl (C=O) groups excluding carboxylic acids is 3. The summed E-state index contributed by atoms with van der Waals surface area (Å²) in [4.78, 5) is 36.4. The van der Waals surface area contributed by atoms with Gasteiger partial charge in [0.2, 0.25) is 0 Å². The molecule has 1 saturated heterocycles. The number of nitrogens with zero attached hydrogens (tertiary/aromatic N) is 3. The molecule has 136 valence electrons. The van der Waals surface area contributed by atoms with Gasteiger partial charge in [-0.1, -0.05) is 41.9 Å². The minimum atomic E-state index is -0.771. The minimum Gasteiger partial charge on any atom is -0.452 e. The zero-order chi connectivity index (χ0) is 18.7. The van der Waals surface area contributed by atoms with Crippen molar-refractivity contribution in [3.63, 3.8) is 0 Å². The van der Waals surface area contributed by atoms with Crippen molar-refractivity contribution in [1.82, 2.24) is 14.7 Å². The molecular formula is C17H16ClN3O5. The number of amides is 2. The fourth-order valence-corrected chi connectivity index (χ4v) is 2.86. The lowest BCUT2D eigenvalue weighted by Crippen LogP contribution is -2.35. The molecular weight excluding hydrogens is 362 g/mol. The summed E-state index contributed by atoms with van der Waals surface area (Å²) in [6, 6.07) is 9.52. The van der Waals surface area contributed by atoms with Gasteiger partial charge in [-0.2, -0.15) is 5.10 Å². The maximum atomic E-state index is 12.3. The molecule has 0 spiro atoms. The number of benzene rings is 1. The maximum Gasteiger partial charge on any atom is 0.416 e. The van der Waals surface area contributed by atoms with Crippen molar-refractivity contribution < 1.29 is 23.9 Å². The summed E-state index contributed by atoms with van der Waals surface area (Å²) in [6.07, 6.45) is -0.740. The van der Waals surface area contributed by atoms with Crippen LogP contribution in [0.15, 0.2) is 30.3 Å². The average molecular weight is 378 g/mol. The van der Waals surface area contributed by atoms with E-state index >= 15 is 0 Å². The Balaban J connectivity index is 1.67. The summed E-state index contributed by atoms with van der Waals surface area (Å²) in [6.45, 7) is 1.73. The summed E-state index contributed by atoms with van der Waals surface area (Å²) in [5.74, 6) is -1.42. The number of imide groups is 1. The predicted molar refractivity (Wildman–Crippen MR) is 90.9 cm³/mol. The molecule has 2 heterocycles. The molecule has 0 saturated carbocycles. The van der Waals surface area contributed by atoms with Crippen LogP contribution in [-0.2, 0) is 20.8 Å². The van der Waals surface area contributed by atoms with E-state index in [9.17, 15) is 14.4 Å². The Morgan fingerprint density at radius 3 is 2.69 bits per heavy atom. The number of hydrogen-bond acceptors (Lipinski definition) is 6. The van der Waals surface area contributed by atoms with E-state index in [1.807, 2.05) is 30.3 Å². The molecule has 0 radical (unpaired) electrons. The third kappa shape index (κ3) is 3.70. The van der Waals surface area contributed by atoms with Crippen LogP contribution in [0, 0.1) is 6.92 Å². The zero-order valence-corrected chi connectivity index (χ0v) is 14.7. The number of cyclic esters (lactones) is 1. The van der Waals surface area contributed by atoms with Crippen molar-refractivity contribution in [2.24, 2.45) is 0 Å².